The summed E-state index contributed by atoms with van der Waals surface area (Å²) in [5, 5.41) is 6.80. The highest BCUT2D eigenvalue weighted by atomic mass is 15.1. The summed E-state index contributed by atoms with van der Waals surface area (Å²) in [6.45, 7) is 23.2. The van der Waals surface area contributed by atoms with Crippen molar-refractivity contribution < 1.29 is 0 Å². The van der Waals surface area contributed by atoms with E-state index in [0.717, 1.165) is 60.1 Å². The summed E-state index contributed by atoms with van der Waals surface area (Å²) < 4.78 is 0. The van der Waals surface area contributed by atoms with Gasteiger partial charge in [0, 0.05) is 54.0 Å². The zero-order chi connectivity index (χ0) is 22.3. The first-order valence-corrected chi connectivity index (χ1v) is 10.8. The predicted octanol–water partition coefficient (Wildman–Crippen LogP) is 5.61. The number of aryl methyl sites for hydroxylation is 2. The molecule has 4 heteroatoms. The molecule has 0 spiro atoms. The molecular weight excluding hydrogens is 368 g/mol. The van der Waals surface area contributed by atoms with Crippen LogP contribution in [0.25, 0.3) is 17.3 Å². The molecule has 0 unspecified atom stereocenters. The van der Waals surface area contributed by atoms with Crippen molar-refractivity contribution in [1.82, 2.24) is 15.2 Å². The molecule has 162 valence electrons. The van der Waals surface area contributed by atoms with Gasteiger partial charge in [0.2, 0.25) is 0 Å². The SMILES string of the molecule is C=C/C(=C\c1[nH]c(C)c(C(=C)NCCN(CC)CC)c1C)c1cc(C)ccc1NC. The Morgan fingerprint density at radius 1 is 1.17 bits per heavy atom. The van der Waals surface area contributed by atoms with Crippen molar-refractivity contribution in [2.45, 2.75) is 34.6 Å². The van der Waals surface area contributed by atoms with Crippen LogP contribution in [0.3, 0.4) is 0 Å². The molecule has 0 saturated heterocycles. The van der Waals surface area contributed by atoms with Crippen molar-refractivity contribution in [3.05, 3.63) is 71.1 Å². The Morgan fingerprint density at radius 3 is 2.47 bits per heavy atom. The van der Waals surface area contributed by atoms with Gasteiger partial charge in [0.25, 0.3) is 0 Å². The van der Waals surface area contributed by atoms with Crippen LogP contribution >= 0.6 is 0 Å². The van der Waals surface area contributed by atoms with Crippen molar-refractivity contribution in [1.29, 1.82) is 0 Å². The molecule has 0 bridgehead atoms. The first kappa shape index (κ1) is 23.6. The minimum atomic E-state index is 0.891. The molecular formula is C26H38N4. The topological polar surface area (TPSA) is 43.1 Å². The highest BCUT2D eigenvalue weighted by molar-refractivity contribution is 5.92. The first-order chi connectivity index (χ1) is 14.4. The average molecular weight is 407 g/mol. The van der Waals surface area contributed by atoms with E-state index in [0.29, 0.717) is 0 Å². The van der Waals surface area contributed by atoms with Gasteiger partial charge in [-0.15, -0.1) is 0 Å². The van der Waals surface area contributed by atoms with E-state index in [1.807, 2.05) is 13.1 Å². The second-order valence-corrected chi connectivity index (χ2v) is 7.70. The number of aromatic nitrogens is 1. The van der Waals surface area contributed by atoms with Gasteiger partial charge < -0.3 is 20.5 Å². The lowest BCUT2D eigenvalue weighted by molar-refractivity contribution is 0.308. The number of H-pyrrole nitrogens is 1. The Kier molecular flexibility index (Phi) is 8.55. The standard InChI is InChI=1S/C26H38N4/c1-9-22(23-16-18(4)12-13-24(23)27-8)17-25-19(5)26(21(7)29-25)20(6)28-14-15-30(10-2)11-3/h9,12-13,16-17,27-29H,1,6,10-11,14-15H2,2-5,7-8H3/b22-17+. The molecule has 3 N–H and O–H groups in total. The number of allylic oxidation sites excluding steroid dienone is 2. The van der Waals surface area contributed by atoms with E-state index in [9.17, 15) is 0 Å². The molecule has 0 fully saturated rings. The number of aromatic amines is 1. The number of hydrogen-bond donors (Lipinski definition) is 3. The Balaban J connectivity index is 2.31. The summed E-state index contributed by atoms with van der Waals surface area (Å²) in [6.07, 6.45) is 4.10. The normalized spacial score (nSPS) is 11.6. The van der Waals surface area contributed by atoms with E-state index in [1.165, 1.54) is 16.7 Å². The lowest BCUT2D eigenvalue weighted by Crippen LogP contribution is -2.31. The summed E-state index contributed by atoms with van der Waals surface area (Å²) >= 11 is 0. The zero-order valence-electron chi connectivity index (χ0n) is 19.6. The Hall–Kier alpha value is -2.72. The van der Waals surface area contributed by atoms with Crippen LogP contribution in [0.2, 0.25) is 0 Å². The summed E-state index contributed by atoms with van der Waals surface area (Å²) in [5.74, 6) is 0. The fourth-order valence-corrected chi connectivity index (χ4v) is 3.88. The third-order valence-electron chi connectivity index (χ3n) is 5.71. The molecule has 0 amide bonds. The van der Waals surface area contributed by atoms with E-state index < -0.39 is 0 Å². The van der Waals surface area contributed by atoms with Crippen LogP contribution in [0.15, 0.2) is 37.4 Å². The van der Waals surface area contributed by atoms with E-state index in [2.05, 4.69) is 92.6 Å². The molecule has 0 radical (unpaired) electrons. The van der Waals surface area contributed by atoms with Gasteiger partial charge in [0.1, 0.15) is 0 Å². The number of likely N-dealkylation sites (N-methyl/N-ethyl adjacent to an activating group) is 1. The van der Waals surface area contributed by atoms with Gasteiger partial charge in [-0.25, -0.2) is 0 Å². The zero-order valence-corrected chi connectivity index (χ0v) is 19.6. The summed E-state index contributed by atoms with van der Waals surface area (Å²) in [5.41, 5.74) is 10.1. The maximum Gasteiger partial charge on any atom is 0.0425 e. The second-order valence-electron chi connectivity index (χ2n) is 7.70. The van der Waals surface area contributed by atoms with Crippen molar-refractivity contribution in [3.8, 4) is 0 Å². The molecule has 1 aromatic heterocycles. The van der Waals surface area contributed by atoms with Crippen molar-refractivity contribution >= 4 is 23.0 Å². The fourth-order valence-electron chi connectivity index (χ4n) is 3.88. The highest BCUT2D eigenvalue weighted by Crippen LogP contribution is 2.30. The Labute approximate surface area is 182 Å². The molecule has 0 aliphatic rings. The number of nitrogens with zero attached hydrogens (tertiary/aromatic N) is 1. The van der Waals surface area contributed by atoms with Crippen LogP contribution in [0.5, 0.6) is 0 Å². The first-order valence-electron chi connectivity index (χ1n) is 10.8. The number of nitrogens with one attached hydrogen (secondary N) is 3. The third kappa shape index (κ3) is 5.45. The highest BCUT2D eigenvalue weighted by Gasteiger charge is 2.14. The quantitative estimate of drug-likeness (QED) is 0.425. The Morgan fingerprint density at radius 2 is 1.87 bits per heavy atom. The molecule has 0 aliphatic carbocycles. The Bertz CT molecular complexity index is 913. The van der Waals surface area contributed by atoms with Crippen LogP contribution in [0.1, 0.15) is 47.5 Å². The number of rotatable bonds is 11. The van der Waals surface area contributed by atoms with Gasteiger partial charge in [-0.2, -0.15) is 0 Å². The van der Waals surface area contributed by atoms with E-state index in [-0.39, 0.29) is 0 Å². The van der Waals surface area contributed by atoms with Crippen molar-refractivity contribution in [2.24, 2.45) is 0 Å². The number of benzene rings is 1. The van der Waals surface area contributed by atoms with Crippen LogP contribution < -0.4 is 10.6 Å². The van der Waals surface area contributed by atoms with Crippen LogP contribution in [-0.2, 0) is 0 Å². The van der Waals surface area contributed by atoms with Gasteiger partial charge in [-0.3, -0.25) is 0 Å². The molecule has 1 aromatic carbocycles. The maximum atomic E-state index is 4.30. The predicted molar refractivity (Wildman–Crippen MR) is 134 cm³/mol. The van der Waals surface area contributed by atoms with Crippen molar-refractivity contribution in [2.75, 3.05) is 38.5 Å². The van der Waals surface area contributed by atoms with Gasteiger partial charge in [0.05, 0.1) is 0 Å². The summed E-state index contributed by atoms with van der Waals surface area (Å²) in [4.78, 5) is 5.95. The van der Waals surface area contributed by atoms with Gasteiger partial charge >= 0.3 is 0 Å². The lowest BCUT2D eigenvalue weighted by atomic mass is 9.99. The third-order valence-corrected chi connectivity index (χ3v) is 5.71. The van der Waals surface area contributed by atoms with Gasteiger partial charge in [-0.1, -0.05) is 44.7 Å². The van der Waals surface area contributed by atoms with E-state index in [1.54, 1.807) is 0 Å². The molecule has 2 rings (SSSR count). The number of hydrogen-bond acceptors (Lipinski definition) is 3. The fraction of sp³-hybridized carbons (Fsp3) is 0.385. The van der Waals surface area contributed by atoms with Crippen molar-refractivity contribution in [3.63, 3.8) is 0 Å². The smallest absolute Gasteiger partial charge is 0.0425 e. The monoisotopic (exact) mass is 406 g/mol. The molecule has 0 saturated carbocycles. The van der Waals surface area contributed by atoms with Gasteiger partial charge in [-0.05, 0) is 63.2 Å². The minimum Gasteiger partial charge on any atom is -0.388 e. The summed E-state index contributed by atoms with van der Waals surface area (Å²) in [7, 11) is 1.95. The van der Waals surface area contributed by atoms with Crippen LogP contribution in [0.4, 0.5) is 5.69 Å². The number of anilines is 1. The van der Waals surface area contributed by atoms with E-state index >= 15 is 0 Å². The second kappa shape index (κ2) is 10.9. The molecule has 1 heterocycles. The molecule has 2 aromatic rings. The van der Waals surface area contributed by atoms with E-state index in [4.69, 9.17) is 0 Å². The average Bonchev–Trinajstić information content (AvgIpc) is 3.02. The maximum absolute atomic E-state index is 4.30. The molecule has 30 heavy (non-hydrogen) atoms. The minimum absolute atomic E-state index is 0.891. The largest absolute Gasteiger partial charge is 0.388 e. The van der Waals surface area contributed by atoms with Crippen LogP contribution in [0, 0.1) is 20.8 Å². The molecule has 4 nitrogen and oxygen atoms in total. The molecule has 0 aliphatic heterocycles. The van der Waals surface area contributed by atoms with Gasteiger partial charge in [0.15, 0.2) is 0 Å². The lowest BCUT2D eigenvalue weighted by Gasteiger charge is -2.19. The van der Waals surface area contributed by atoms with Crippen LogP contribution in [-0.4, -0.2) is 43.1 Å². The summed E-state index contributed by atoms with van der Waals surface area (Å²) in [6, 6.07) is 6.42. The molecule has 0 atom stereocenters.